The molecule has 23 heavy (non-hydrogen) atoms. The van der Waals surface area contributed by atoms with Gasteiger partial charge in [-0.25, -0.2) is 4.98 Å². The fourth-order valence-corrected chi connectivity index (χ4v) is 4.36. The predicted molar refractivity (Wildman–Crippen MR) is 102 cm³/mol. The van der Waals surface area contributed by atoms with Gasteiger partial charge in [0.15, 0.2) is 0 Å². The van der Waals surface area contributed by atoms with Crippen molar-refractivity contribution in [2.45, 2.75) is 18.8 Å². The predicted octanol–water partition coefficient (Wildman–Crippen LogP) is 3.38. The van der Waals surface area contributed by atoms with E-state index < -0.39 is 0 Å². The second-order valence-electron chi connectivity index (χ2n) is 5.87. The third-order valence-corrected chi connectivity index (χ3v) is 5.56. The molecule has 1 unspecified atom stereocenters. The number of piperidine rings is 1. The van der Waals surface area contributed by atoms with Crippen molar-refractivity contribution >= 4 is 48.4 Å². The monoisotopic (exact) mass is 375 g/mol. The molecule has 1 fully saturated rings. The van der Waals surface area contributed by atoms with Gasteiger partial charge in [0.2, 0.25) is 0 Å². The number of halogens is 2. The highest BCUT2D eigenvalue weighted by molar-refractivity contribution is 7.11. The van der Waals surface area contributed by atoms with Crippen molar-refractivity contribution in [2.75, 3.05) is 20.1 Å². The normalized spacial score (nSPS) is 20.3. The van der Waals surface area contributed by atoms with Crippen LogP contribution in [-0.4, -0.2) is 40.1 Å². The Balaban J connectivity index is 0.000000882. The lowest BCUT2D eigenvalue weighted by atomic mass is 9.80. The van der Waals surface area contributed by atoms with E-state index >= 15 is 0 Å². The molecule has 0 spiro atoms. The minimum absolute atomic E-state index is 0. The molecule has 0 radical (unpaired) electrons. The van der Waals surface area contributed by atoms with Crippen molar-refractivity contribution in [2.24, 2.45) is 5.92 Å². The van der Waals surface area contributed by atoms with Crippen LogP contribution < -0.4 is 0 Å². The Morgan fingerprint density at radius 3 is 2.70 bits per heavy atom. The molecule has 0 bridgehead atoms. The van der Waals surface area contributed by atoms with Crippen molar-refractivity contribution in [1.29, 1.82) is 0 Å². The Bertz CT molecular complexity index is 603. The molecular formula is C16H23Cl2N3OS. The van der Waals surface area contributed by atoms with E-state index in [0.29, 0.717) is 11.8 Å². The molecule has 1 saturated heterocycles. The summed E-state index contributed by atoms with van der Waals surface area (Å²) in [5, 5.41) is 2.22. The summed E-state index contributed by atoms with van der Waals surface area (Å²) < 4.78 is 2.20. The Kier molecular flexibility index (Phi) is 7.29. The first kappa shape index (κ1) is 20.2. The van der Waals surface area contributed by atoms with Crippen molar-refractivity contribution < 1.29 is 5.48 Å². The van der Waals surface area contributed by atoms with Crippen LogP contribution in [-0.2, 0) is 0 Å². The highest BCUT2D eigenvalue weighted by Crippen LogP contribution is 2.42. The molecule has 0 amide bonds. The number of hydrogen-bond acceptors (Lipinski definition) is 3. The van der Waals surface area contributed by atoms with Gasteiger partial charge in [-0.15, -0.1) is 36.2 Å². The summed E-state index contributed by atoms with van der Waals surface area (Å²) in [5.74, 6) is 2.38. The van der Waals surface area contributed by atoms with Gasteiger partial charge in [0.1, 0.15) is 5.82 Å². The average molecular weight is 376 g/mol. The first-order chi connectivity index (χ1) is 9.83. The molecule has 2 aromatic heterocycles. The van der Waals surface area contributed by atoms with Gasteiger partial charge in [-0.3, -0.25) is 0 Å². The lowest BCUT2D eigenvalue weighted by Gasteiger charge is -2.33. The maximum atomic E-state index is 4.67. The highest BCUT2D eigenvalue weighted by Gasteiger charge is 2.33. The van der Waals surface area contributed by atoms with Gasteiger partial charge >= 0.3 is 0 Å². The van der Waals surface area contributed by atoms with Crippen molar-refractivity contribution in [3.05, 3.63) is 40.1 Å². The summed E-state index contributed by atoms with van der Waals surface area (Å²) in [5.41, 5.74) is 1.48. The van der Waals surface area contributed by atoms with Crippen molar-refractivity contribution in [3.63, 3.8) is 0 Å². The molecular weight excluding hydrogens is 353 g/mol. The minimum atomic E-state index is 0. The first-order valence-electron chi connectivity index (χ1n) is 7.30. The number of rotatable bonds is 1. The van der Waals surface area contributed by atoms with E-state index in [4.69, 9.17) is 0 Å². The Labute approximate surface area is 153 Å². The molecule has 1 atom stereocenters. The summed E-state index contributed by atoms with van der Waals surface area (Å²) in [4.78, 5) is 8.51. The zero-order valence-electron chi connectivity index (χ0n) is 13.0. The van der Waals surface area contributed by atoms with Crippen LogP contribution in [0.5, 0.6) is 0 Å². The van der Waals surface area contributed by atoms with Gasteiger partial charge in [-0.1, -0.05) is 0 Å². The quantitative estimate of drug-likeness (QED) is 0.766. The number of hydrogen-bond donors (Lipinski definition) is 0. The van der Waals surface area contributed by atoms with Gasteiger partial charge in [-0.05, 0) is 62.0 Å². The molecule has 2 aliphatic rings. The minimum Gasteiger partial charge on any atom is -0.412 e. The first-order valence-corrected chi connectivity index (χ1v) is 8.18. The lowest BCUT2D eigenvalue weighted by molar-refractivity contribution is 0.205. The second-order valence-corrected chi connectivity index (χ2v) is 6.81. The van der Waals surface area contributed by atoms with Gasteiger partial charge < -0.3 is 14.9 Å². The molecule has 4 rings (SSSR count). The van der Waals surface area contributed by atoms with E-state index in [1.165, 1.54) is 42.2 Å². The number of aromatic nitrogens is 2. The molecule has 0 aromatic carbocycles. The largest absolute Gasteiger partial charge is 0.412 e. The molecule has 0 aliphatic carbocycles. The van der Waals surface area contributed by atoms with Crippen LogP contribution in [0, 0.1) is 5.92 Å². The van der Waals surface area contributed by atoms with E-state index in [1.54, 1.807) is 0 Å². The summed E-state index contributed by atoms with van der Waals surface area (Å²) in [6, 6.07) is 2.30. The maximum absolute atomic E-state index is 4.67. The average Bonchev–Trinajstić information content (AvgIpc) is 3.07. The third-order valence-electron chi connectivity index (χ3n) is 4.66. The molecule has 2 aromatic rings. The SMILES string of the molecule is CN1CCC(C2c3ccsc3C=Cn3ccnc32)CC1.Cl.Cl.O. The fraction of sp³-hybridized carbons (Fsp3) is 0.438. The zero-order valence-corrected chi connectivity index (χ0v) is 15.5. The van der Waals surface area contributed by atoms with Crippen LogP contribution in [0.4, 0.5) is 0 Å². The van der Waals surface area contributed by atoms with Gasteiger partial charge in [0.25, 0.3) is 0 Å². The van der Waals surface area contributed by atoms with Crippen molar-refractivity contribution in [1.82, 2.24) is 14.5 Å². The third kappa shape index (κ3) is 3.64. The molecule has 128 valence electrons. The van der Waals surface area contributed by atoms with Crippen LogP contribution in [0.3, 0.4) is 0 Å². The molecule has 7 heteroatoms. The van der Waals surface area contributed by atoms with Gasteiger partial charge in [-0.2, -0.15) is 0 Å². The number of likely N-dealkylation sites (tertiary alicyclic amines) is 1. The van der Waals surface area contributed by atoms with E-state index in [2.05, 4.69) is 51.4 Å². The number of thiophene rings is 1. The van der Waals surface area contributed by atoms with E-state index in [9.17, 15) is 0 Å². The fourth-order valence-electron chi connectivity index (χ4n) is 3.53. The smallest absolute Gasteiger partial charge is 0.120 e. The molecule has 0 saturated carbocycles. The number of fused-ring (bicyclic) bond motifs is 2. The van der Waals surface area contributed by atoms with E-state index in [-0.39, 0.29) is 30.3 Å². The lowest BCUT2D eigenvalue weighted by Crippen LogP contribution is -2.33. The number of imidazole rings is 1. The summed E-state index contributed by atoms with van der Waals surface area (Å²) >= 11 is 1.84. The van der Waals surface area contributed by atoms with Crippen molar-refractivity contribution in [3.8, 4) is 0 Å². The Morgan fingerprint density at radius 2 is 1.96 bits per heavy atom. The summed E-state index contributed by atoms with van der Waals surface area (Å²) in [6.07, 6.45) is 10.9. The van der Waals surface area contributed by atoms with Gasteiger partial charge in [0.05, 0.1) is 0 Å². The van der Waals surface area contributed by atoms with E-state index in [1.807, 2.05) is 17.5 Å². The van der Waals surface area contributed by atoms with Crippen LogP contribution >= 0.6 is 36.2 Å². The van der Waals surface area contributed by atoms with Crippen LogP contribution in [0.1, 0.15) is 35.0 Å². The highest BCUT2D eigenvalue weighted by atomic mass is 35.5. The molecule has 2 N–H and O–H groups in total. The Hall–Kier alpha value is -0.850. The molecule has 4 nitrogen and oxygen atoms in total. The van der Waals surface area contributed by atoms with E-state index in [0.717, 1.165) is 0 Å². The maximum Gasteiger partial charge on any atom is 0.120 e. The van der Waals surface area contributed by atoms with Gasteiger partial charge in [0, 0.05) is 29.4 Å². The van der Waals surface area contributed by atoms with Crippen LogP contribution in [0.15, 0.2) is 23.8 Å². The second kappa shape index (κ2) is 8.31. The zero-order chi connectivity index (χ0) is 13.5. The summed E-state index contributed by atoms with van der Waals surface area (Å²) in [6.45, 7) is 2.41. The summed E-state index contributed by atoms with van der Waals surface area (Å²) in [7, 11) is 2.22. The van der Waals surface area contributed by atoms with Crippen LogP contribution in [0.2, 0.25) is 0 Å². The van der Waals surface area contributed by atoms with Crippen LogP contribution in [0.25, 0.3) is 12.3 Å². The Morgan fingerprint density at radius 1 is 1.22 bits per heavy atom. The molecule has 4 heterocycles. The topological polar surface area (TPSA) is 52.6 Å². The molecule has 2 aliphatic heterocycles. The standard InChI is InChI=1S/C16H19N3S.2ClH.H2O/c1-18-7-2-12(3-8-18)15-13-5-11-20-14(13)4-9-19-10-6-17-16(15)19;;;/h4-6,9-12,15H,2-3,7-8H2,1H3;2*1H;1H2. The number of nitrogens with zero attached hydrogens (tertiary/aromatic N) is 3.